The first-order chi connectivity index (χ1) is 11.0. The summed E-state index contributed by atoms with van der Waals surface area (Å²) in [5.41, 5.74) is 1.38. The highest BCUT2D eigenvalue weighted by Gasteiger charge is 2.27. The van der Waals surface area contributed by atoms with Crippen molar-refractivity contribution < 1.29 is 19.6 Å². The maximum Gasteiger partial charge on any atom is 0.273 e. The molecular weight excluding hydrogens is 300 g/mol. The van der Waals surface area contributed by atoms with E-state index in [9.17, 15) is 20.0 Å². The second-order valence-corrected chi connectivity index (χ2v) is 5.23. The number of nitrogens with zero attached hydrogens (tertiary/aromatic N) is 2. The van der Waals surface area contributed by atoms with Crippen LogP contribution in [0.15, 0.2) is 36.4 Å². The molecule has 0 spiro atoms. The smallest absolute Gasteiger partial charge is 0.273 e. The number of rotatable bonds is 2. The van der Waals surface area contributed by atoms with Crippen LogP contribution in [0.3, 0.4) is 0 Å². The Morgan fingerprint density at radius 1 is 1.30 bits per heavy atom. The molecule has 1 N–H and O–H groups in total. The van der Waals surface area contributed by atoms with Gasteiger partial charge in [0.25, 0.3) is 11.6 Å². The molecule has 23 heavy (non-hydrogen) atoms. The van der Waals surface area contributed by atoms with Gasteiger partial charge in [-0.15, -0.1) is 0 Å². The lowest BCUT2D eigenvalue weighted by atomic mass is 10.1. The molecule has 2 aromatic carbocycles. The van der Waals surface area contributed by atoms with Gasteiger partial charge in [0.05, 0.1) is 28.8 Å². The Kier molecular flexibility index (Phi) is 3.61. The van der Waals surface area contributed by atoms with Crippen LogP contribution in [0.25, 0.3) is 0 Å². The summed E-state index contributed by atoms with van der Waals surface area (Å²) >= 11 is 0. The molecule has 2 aromatic rings. The number of hydrogen-bond acceptors (Lipinski definition) is 5. The van der Waals surface area contributed by atoms with Crippen LogP contribution in [0.5, 0.6) is 11.5 Å². The highest BCUT2D eigenvalue weighted by Crippen LogP contribution is 2.34. The van der Waals surface area contributed by atoms with Crippen molar-refractivity contribution in [3.8, 4) is 11.5 Å². The van der Waals surface area contributed by atoms with E-state index in [1.165, 1.54) is 17.0 Å². The van der Waals surface area contributed by atoms with Crippen molar-refractivity contribution in [3.05, 3.63) is 57.6 Å². The highest BCUT2D eigenvalue weighted by molar-refractivity contribution is 6.09. The number of aryl methyl sites for hydroxylation is 1. The molecule has 7 nitrogen and oxygen atoms in total. The monoisotopic (exact) mass is 314 g/mol. The minimum atomic E-state index is -0.624. The van der Waals surface area contributed by atoms with Gasteiger partial charge < -0.3 is 14.7 Å². The number of carbonyl (C=O) groups excluding carboxylic acids is 1. The van der Waals surface area contributed by atoms with E-state index in [-0.39, 0.29) is 11.3 Å². The number of nitro groups is 1. The predicted molar refractivity (Wildman–Crippen MR) is 83.1 cm³/mol. The van der Waals surface area contributed by atoms with Crippen molar-refractivity contribution in [2.45, 2.75) is 6.92 Å². The van der Waals surface area contributed by atoms with Crippen LogP contribution in [0.4, 0.5) is 11.4 Å². The molecule has 0 bridgehead atoms. The van der Waals surface area contributed by atoms with Gasteiger partial charge in [-0.25, -0.2) is 0 Å². The Labute approximate surface area is 131 Å². The van der Waals surface area contributed by atoms with E-state index in [0.29, 0.717) is 24.6 Å². The molecular formula is C16H14N2O5. The molecule has 1 amide bonds. The van der Waals surface area contributed by atoms with Crippen LogP contribution in [-0.2, 0) is 0 Å². The Morgan fingerprint density at radius 2 is 2.09 bits per heavy atom. The van der Waals surface area contributed by atoms with Gasteiger partial charge in [0, 0.05) is 6.07 Å². The molecule has 0 unspecified atom stereocenters. The number of phenols is 1. The predicted octanol–water partition coefficient (Wildman–Crippen LogP) is 2.65. The van der Waals surface area contributed by atoms with E-state index in [1.807, 2.05) is 19.1 Å². The van der Waals surface area contributed by atoms with Gasteiger partial charge >= 0.3 is 0 Å². The van der Waals surface area contributed by atoms with Crippen molar-refractivity contribution in [2.24, 2.45) is 0 Å². The van der Waals surface area contributed by atoms with E-state index in [0.717, 1.165) is 11.6 Å². The van der Waals surface area contributed by atoms with Crippen LogP contribution in [-0.4, -0.2) is 29.1 Å². The third-order valence-corrected chi connectivity index (χ3v) is 3.65. The molecule has 0 aliphatic carbocycles. The van der Waals surface area contributed by atoms with E-state index >= 15 is 0 Å². The molecule has 0 radical (unpaired) electrons. The standard InChI is InChI=1S/C16H14N2O5/c1-10-2-5-13-15(8-10)23-7-6-17(13)16(20)12-4-3-11(18(21)22)9-14(12)19/h2-5,8-9,19H,6-7H2,1H3. The highest BCUT2D eigenvalue weighted by atomic mass is 16.6. The number of fused-ring (bicyclic) bond motifs is 1. The number of ether oxygens (including phenoxy) is 1. The molecule has 1 aliphatic rings. The largest absolute Gasteiger partial charge is 0.507 e. The minimum Gasteiger partial charge on any atom is -0.507 e. The third-order valence-electron chi connectivity index (χ3n) is 3.65. The van der Waals surface area contributed by atoms with Gasteiger partial charge in [-0.2, -0.15) is 0 Å². The van der Waals surface area contributed by atoms with Gasteiger partial charge in [0.1, 0.15) is 18.1 Å². The van der Waals surface area contributed by atoms with Crippen LogP contribution in [0, 0.1) is 17.0 Å². The Hall–Kier alpha value is -3.09. The number of benzene rings is 2. The Bertz CT molecular complexity index is 803. The number of nitro benzene ring substituents is 1. The van der Waals surface area contributed by atoms with E-state index in [1.54, 1.807) is 6.07 Å². The van der Waals surface area contributed by atoms with E-state index in [2.05, 4.69) is 0 Å². The summed E-state index contributed by atoms with van der Waals surface area (Å²) < 4.78 is 5.56. The minimum absolute atomic E-state index is 0.0176. The molecule has 3 rings (SSSR count). The quantitative estimate of drug-likeness (QED) is 0.679. The fraction of sp³-hybridized carbons (Fsp3) is 0.188. The van der Waals surface area contributed by atoms with Crippen LogP contribution < -0.4 is 9.64 Å². The number of phenolic OH excluding ortho intramolecular Hbond substituents is 1. The lowest BCUT2D eigenvalue weighted by Crippen LogP contribution is -2.38. The zero-order valence-electron chi connectivity index (χ0n) is 12.4. The zero-order chi connectivity index (χ0) is 16.6. The Balaban J connectivity index is 1.98. The molecule has 1 heterocycles. The lowest BCUT2D eigenvalue weighted by Gasteiger charge is -2.30. The maximum atomic E-state index is 12.7. The summed E-state index contributed by atoms with van der Waals surface area (Å²) in [6, 6.07) is 8.92. The van der Waals surface area contributed by atoms with Crippen LogP contribution >= 0.6 is 0 Å². The molecule has 1 aliphatic heterocycles. The van der Waals surface area contributed by atoms with Crippen LogP contribution in [0.2, 0.25) is 0 Å². The first kappa shape index (κ1) is 14.8. The number of carbonyl (C=O) groups is 1. The average Bonchev–Trinajstić information content (AvgIpc) is 2.53. The summed E-state index contributed by atoms with van der Waals surface area (Å²) in [7, 11) is 0. The van der Waals surface area contributed by atoms with Gasteiger partial charge in [-0.1, -0.05) is 6.07 Å². The van der Waals surface area contributed by atoms with Crippen molar-refractivity contribution in [1.82, 2.24) is 0 Å². The number of aromatic hydroxyl groups is 1. The number of anilines is 1. The average molecular weight is 314 g/mol. The maximum absolute atomic E-state index is 12.7. The molecule has 0 aromatic heterocycles. The number of hydrogen-bond donors (Lipinski definition) is 1. The van der Waals surface area contributed by atoms with Crippen LogP contribution in [0.1, 0.15) is 15.9 Å². The summed E-state index contributed by atoms with van der Waals surface area (Å²) in [6.07, 6.45) is 0. The van der Waals surface area contributed by atoms with E-state index in [4.69, 9.17) is 4.74 Å². The lowest BCUT2D eigenvalue weighted by molar-refractivity contribution is -0.384. The van der Waals surface area contributed by atoms with Crippen molar-refractivity contribution >= 4 is 17.3 Å². The fourth-order valence-corrected chi connectivity index (χ4v) is 2.50. The SMILES string of the molecule is Cc1ccc2c(c1)OCCN2C(=O)c1ccc([N+](=O)[O-])cc1O. The second kappa shape index (κ2) is 5.60. The van der Waals surface area contributed by atoms with Crippen molar-refractivity contribution in [1.29, 1.82) is 0 Å². The Morgan fingerprint density at radius 3 is 2.78 bits per heavy atom. The summed E-state index contributed by atoms with van der Waals surface area (Å²) in [5, 5.41) is 20.7. The van der Waals surface area contributed by atoms with E-state index < -0.39 is 16.6 Å². The number of amides is 1. The fourth-order valence-electron chi connectivity index (χ4n) is 2.50. The third kappa shape index (κ3) is 2.68. The summed E-state index contributed by atoms with van der Waals surface area (Å²) in [4.78, 5) is 24.3. The molecule has 0 atom stereocenters. The summed E-state index contributed by atoms with van der Waals surface area (Å²) in [6.45, 7) is 2.60. The van der Waals surface area contributed by atoms with Crippen molar-refractivity contribution in [3.63, 3.8) is 0 Å². The zero-order valence-corrected chi connectivity index (χ0v) is 12.4. The van der Waals surface area contributed by atoms with Gasteiger partial charge in [-0.05, 0) is 30.7 Å². The molecule has 0 saturated carbocycles. The molecule has 118 valence electrons. The van der Waals surface area contributed by atoms with Gasteiger partial charge in [0.15, 0.2) is 0 Å². The molecule has 0 saturated heterocycles. The normalized spacial score (nSPS) is 13.2. The topological polar surface area (TPSA) is 92.9 Å². The first-order valence-corrected chi connectivity index (χ1v) is 7.00. The van der Waals surface area contributed by atoms with Gasteiger partial charge in [-0.3, -0.25) is 14.9 Å². The van der Waals surface area contributed by atoms with Crippen molar-refractivity contribution in [2.75, 3.05) is 18.1 Å². The molecule has 0 fully saturated rings. The second-order valence-electron chi connectivity index (χ2n) is 5.23. The first-order valence-electron chi connectivity index (χ1n) is 7.00. The number of non-ortho nitro benzene ring substituents is 1. The van der Waals surface area contributed by atoms with Gasteiger partial charge in [0.2, 0.25) is 0 Å². The molecule has 7 heteroatoms. The summed E-state index contributed by atoms with van der Waals surface area (Å²) in [5.74, 6) is -0.235.